The molecule has 33 heavy (non-hydrogen) atoms. The second-order valence-electron chi connectivity index (χ2n) is 7.53. The summed E-state index contributed by atoms with van der Waals surface area (Å²) in [6.45, 7) is 5.27. The first-order valence-electron chi connectivity index (χ1n) is 10.8. The molecule has 0 saturated carbocycles. The van der Waals surface area contributed by atoms with E-state index in [9.17, 15) is 13.2 Å². The summed E-state index contributed by atoms with van der Waals surface area (Å²) >= 11 is 1.60. The summed E-state index contributed by atoms with van der Waals surface area (Å²) in [4.78, 5) is 21.5. The predicted octanol–water partition coefficient (Wildman–Crippen LogP) is 3.70. The van der Waals surface area contributed by atoms with Gasteiger partial charge in [0.05, 0.1) is 11.5 Å². The van der Waals surface area contributed by atoms with Crippen LogP contribution in [0.5, 0.6) is 5.75 Å². The maximum Gasteiger partial charge on any atom is 0.261 e. The van der Waals surface area contributed by atoms with Gasteiger partial charge >= 0.3 is 0 Å². The quantitative estimate of drug-likeness (QED) is 0.548. The van der Waals surface area contributed by atoms with Gasteiger partial charge in [0.1, 0.15) is 5.75 Å². The van der Waals surface area contributed by atoms with Crippen LogP contribution in [0.4, 0.5) is 10.8 Å². The summed E-state index contributed by atoms with van der Waals surface area (Å²) in [6, 6.07) is 12.8. The molecule has 1 aliphatic rings. The van der Waals surface area contributed by atoms with Crippen molar-refractivity contribution in [3.8, 4) is 5.75 Å². The maximum atomic E-state index is 13.0. The van der Waals surface area contributed by atoms with Crippen molar-refractivity contribution in [1.29, 1.82) is 0 Å². The van der Waals surface area contributed by atoms with E-state index < -0.39 is 10.0 Å². The van der Waals surface area contributed by atoms with Crippen molar-refractivity contribution < 1.29 is 17.9 Å². The van der Waals surface area contributed by atoms with E-state index in [1.54, 1.807) is 53.9 Å². The van der Waals surface area contributed by atoms with Crippen molar-refractivity contribution in [1.82, 2.24) is 9.88 Å². The number of nitrogens with zero attached hydrogens (tertiary/aromatic N) is 3. The van der Waals surface area contributed by atoms with Crippen LogP contribution in [-0.2, 0) is 10.0 Å². The number of aromatic nitrogens is 1. The van der Waals surface area contributed by atoms with Gasteiger partial charge in [-0.15, -0.1) is 11.3 Å². The number of carbonyl (C=O) groups excluding carboxylic acids is 1. The van der Waals surface area contributed by atoms with E-state index in [2.05, 4.69) is 14.6 Å². The average Bonchev–Trinajstić information content (AvgIpc) is 3.24. The first kappa shape index (κ1) is 23.1. The minimum Gasteiger partial charge on any atom is -0.494 e. The molecule has 1 fully saturated rings. The van der Waals surface area contributed by atoms with Gasteiger partial charge in [0, 0.05) is 49.0 Å². The summed E-state index contributed by atoms with van der Waals surface area (Å²) in [7, 11) is -3.74. The standard InChI is InChI=1S/C23H26N4O4S2/c1-2-31-20-8-10-21(11-9-20)33(29,30)25-19-6-4-18(5-7-19)22(28)26-13-3-14-27(16-15-26)23-24-12-17-32-23/h4-12,17,25H,2-3,13-16H2,1H3. The molecule has 174 valence electrons. The molecule has 0 radical (unpaired) electrons. The van der Waals surface area contributed by atoms with E-state index in [-0.39, 0.29) is 10.8 Å². The van der Waals surface area contributed by atoms with Crippen LogP contribution in [0.25, 0.3) is 0 Å². The molecular weight excluding hydrogens is 460 g/mol. The average molecular weight is 487 g/mol. The molecule has 0 atom stereocenters. The summed E-state index contributed by atoms with van der Waals surface area (Å²) in [5, 5.41) is 2.93. The Morgan fingerprint density at radius 2 is 1.82 bits per heavy atom. The molecule has 1 amide bonds. The smallest absolute Gasteiger partial charge is 0.261 e. The van der Waals surface area contributed by atoms with E-state index in [1.165, 1.54) is 12.1 Å². The number of amides is 1. The van der Waals surface area contributed by atoms with E-state index in [0.29, 0.717) is 36.7 Å². The molecule has 0 unspecified atom stereocenters. The lowest BCUT2D eigenvalue weighted by Crippen LogP contribution is -2.35. The first-order chi connectivity index (χ1) is 16.0. The highest BCUT2D eigenvalue weighted by molar-refractivity contribution is 7.92. The second kappa shape index (κ2) is 10.2. The van der Waals surface area contributed by atoms with Crippen LogP contribution < -0.4 is 14.4 Å². The highest BCUT2D eigenvalue weighted by Crippen LogP contribution is 2.22. The van der Waals surface area contributed by atoms with E-state index in [0.717, 1.165) is 24.6 Å². The Kier molecular flexibility index (Phi) is 7.14. The number of hydrogen-bond donors (Lipinski definition) is 1. The fourth-order valence-corrected chi connectivity index (χ4v) is 5.40. The van der Waals surface area contributed by atoms with Crippen molar-refractivity contribution >= 4 is 38.1 Å². The zero-order valence-electron chi connectivity index (χ0n) is 18.3. The summed E-state index contributed by atoms with van der Waals surface area (Å²) in [5.41, 5.74) is 0.924. The monoisotopic (exact) mass is 486 g/mol. The third-order valence-corrected chi connectivity index (χ3v) is 7.53. The molecule has 3 aromatic rings. The maximum absolute atomic E-state index is 13.0. The van der Waals surface area contributed by atoms with Crippen LogP contribution in [0.1, 0.15) is 23.7 Å². The van der Waals surface area contributed by atoms with Gasteiger partial charge in [-0.25, -0.2) is 13.4 Å². The third kappa shape index (κ3) is 5.63. The van der Waals surface area contributed by atoms with Crippen LogP contribution >= 0.6 is 11.3 Å². The molecule has 1 saturated heterocycles. The van der Waals surface area contributed by atoms with Gasteiger partial charge in [-0.05, 0) is 61.9 Å². The molecule has 1 aromatic heterocycles. The lowest BCUT2D eigenvalue weighted by atomic mass is 10.2. The Balaban J connectivity index is 1.38. The number of nitrogens with one attached hydrogen (secondary N) is 1. The van der Waals surface area contributed by atoms with Gasteiger partial charge in [-0.3, -0.25) is 9.52 Å². The van der Waals surface area contributed by atoms with Gasteiger partial charge in [0.15, 0.2) is 5.13 Å². The zero-order chi connectivity index (χ0) is 23.3. The molecule has 10 heteroatoms. The Labute approximate surface area is 197 Å². The zero-order valence-corrected chi connectivity index (χ0v) is 19.9. The number of thiazole rings is 1. The largest absolute Gasteiger partial charge is 0.494 e. The Morgan fingerprint density at radius 3 is 2.48 bits per heavy atom. The van der Waals surface area contributed by atoms with Crippen molar-refractivity contribution in [2.45, 2.75) is 18.2 Å². The summed E-state index contributed by atoms with van der Waals surface area (Å²) in [6.07, 6.45) is 2.66. The molecule has 1 N–H and O–H groups in total. The Hall–Kier alpha value is -3.11. The van der Waals surface area contributed by atoms with Crippen LogP contribution in [0, 0.1) is 0 Å². The highest BCUT2D eigenvalue weighted by atomic mass is 32.2. The number of rotatable bonds is 7. The topological polar surface area (TPSA) is 91.8 Å². The number of ether oxygens (including phenoxy) is 1. The fourth-order valence-electron chi connectivity index (χ4n) is 3.64. The van der Waals surface area contributed by atoms with Gasteiger partial charge in [-0.1, -0.05) is 0 Å². The molecule has 0 bridgehead atoms. The summed E-state index contributed by atoms with van der Waals surface area (Å²) < 4.78 is 33.2. The Morgan fingerprint density at radius 1 is 1.06 bits per heavy atom. The second-order valence-corrected chi connectivity index (χ2v) is 10.1. The number of carbonyl (C=O) groups is 1. The summed E-state index contributed by atoms with van der Waals surface area (Å²) in [5.74, 6) is 0.555. The predicted molar refractivity (Wildman–Crippen MR) is 130 cm³/mol. The Bertz CT molecular complexity index is 1160. The first-order valence-corrected chi connectivity index (χ1v) is 13.1. The molecule has 1 aliphatic heterocycles. The highest BCUT2D eigenvalue weighted by Gasteiger charge is 2.22. The SMILES string of the molecule is CCOc1ccc(S(=O)(=O)Nc2ccc(C(=O)N3CCCN(c4nccs4)CC3)cc2)cc1. The normalized spacial score (nSPS) is 14.6. The van der Waals surface area contributed by atoms with E-state index >= 15 is 0 Å². The molecule has 8 nitrogen and oxygen atoms in total. The number of hydrogen-bond acceptors (Lipinski definition) is 7. The molecule has 0 aliphatic carbocycles. The molecule has 2 aromatic carbocycles. The van der Waals surface area contributed by atoms with Crippen LogP contribution in [-0.4, -0.2) is 57.0 Å². The number of benzene rings is 2. The third-order valence-electron chi connectivity index (χ3n) is 5.30. The number of anilines is 2. The minimum absolute atomic E-state index is 0.0584. The van der Waals surface area contributed by atoms with E-state index in [4.69, 9.17) is 4.74 Å². The van der Waals surface area contributed by atoms with Crippen LogP contribution in [0.2, 0.25) is 0 Å². The molecule has 2 heterocycles. The molecule has 0 spiro atoms. The molecular formula is C23H26N4O4S2. The van der Waals surface area contributed by atoms with Gasteiger partial charge in [0.2, 0.25) is 0 Å². The lowest BCUT2D eigenvalue weighted by molar-refractivity contribution is 0.0767. The van der Waals surface area contributed by atoms with Gasteiger partial charge < -0.3 is 14.5 Å². The van der Waals surface area contributed by atoms with Crippen molar-refractivity contribution in [2.75, 3.05) is 42.4 Å². The molecule has 4 rings (SSSR count). The minimum atomic E-state index is -3.74. The van der Waals surface area contributed by atoms with Crippen LogP contribution in [0.3, 0.4) is 0 Å². The van der Waals surface area contributed by atoms with Crippen molar-refractivity contribution in [3.63, 3.8) is 0 Å². The fraction of sp³-hybridized carbons (Fsp3) is 0.304. The van der Waals surface area contributed by atoms with Crippen molar-refractivity contribution in [2.24, 2.45) is 0 Å². The van der Waals surface area contributed by atoms with Gasteiger partial charge in [0.25, 0.3) is 15.9 Å². The van der Waals surface area contributed by atoms with E-state index in [1.807, 2.05) is 17.2 Å². The lowest BCUT2D eigenvalue weighted by Gasteiger charge is -2.22. The van der Waals surface area contributed by atoms with Crippen LogP contribution in [0.15, 0.2) is 65.0 Å². The van der Waals surface area contributed by atoms with Crippen molar-refractivity contribution in [3.05, 3.63) is 65.7 Å². The van der Waals surface area contributed by atoms with Gasteiger partial charge in [-0.2, -0.15) is 0 Å². The number of sulfonamides is 1.